The van der Waals surface area contributed by atoms with Crippen LogP contribution in [0, 0.1) is 0 Å². The van der Waals surface area contributed by atoms with Crippen LogP contribution in [0.25, 0.3) is 0 Å². The summed E-state index contributed by atoms with van der Waals surface area (Å²) in [6.45, 7) is 0.603. The number of carboxylic acid groups (broad SMARTS) is 1. The van der Waals surface area contributed by atoms with E-state index in [0.29, 0.717) is 49.3 Å². The Balaban J connectivity index is 1.27. The third-order valence-corrected chi connectivity index (χ3v) is 8.18. The minimum absolute atomic E-state index is 0.0115. The summed E-state index contributed by atoms with van der Waals surface area (Å²) in [6, 6.07) is -4.94. The number of amides is 4. The number of aliphatic carboxylic acids is 1. The van der Waals surface area contributed by atoms with Gasteiger partial charge in [-0.25, -0.2) is 19.7 Å². The first-order valence-corrected chi connectivity index (χ1v) is 14.8. The molecule has 17 nitrogen and oxygen atoms in total. The van der Waals surface area contributed by atoms with Crippen molar-refractivity contribution in [3.05, 3.63) is 54.7 Å². The minimum Gasteiger partial charge on any atom is -0.480 e. The van der Waals surface area contributed by atoms with Crippen LogP contribution in [0.1, 0.15) is 42.8 Å². The average molecular weight is 624 g/mol. The number of nitrogens with zero attached hydrogens (tertiary/aromatic N) is 5. The number of nitrogens with one attached hydrogen (secondary N) is 5. The van der Waals surface area contributed by atoms with Crippen molar-refractivity contribution >= 4 is 29.6 Å². The topological polar surface area (TPSA) is 248 Å². The van der Waals surface area contributed by atoms with E-state index in [1.165, 1.54) is 41.2 Å². The van der Waals surface area contributed by atoms with Crippen molar-refractivity contribution < 1.29 is 29.1 Å². The van der Waals surface area contributed by atoms with Crippen LogP contribution in [0.2, 0.25) is 0 Å². The summed E-state index contributed by atoms with van der Waals surface area (Å²) in [7, 11) is 0. The summed E-state index contributed by atoms with van der Waals surface area (Å²) in [5.74, 6) is -3.20. The Bertz CT molecular complexity index is 1460. The third-order valence-electron chi connectivity index (χ3n) is 8.18. The van der Waals surface area contributed by atoms with Gasteiger partial charge in [0.1, 0.15) is 24.2 Å². The van der Waals surface area contributed by atoms with Crippen molar-refractivity contribution in [3.8, 4) is 0 Å². The first-order valence-electron chi connectivity index (χ1n) is 14.8. The lowest BCUT2D eigenvalue weighted by molar-refractivity contribution is -0.145. The van der Waals surface area contributed by atoms with Gasteiger partial charge >= 0.3 is 5.97 Å². The zero-order chi connectivity index (χ0) is 31.9. The normalized spacial score (nSPS) is 20.0. The van der Waals surface area contributed by atoms with Crippen LogP contribution in [0.4, 0.5) is 0 Å². The summed E-state index contributed by atoms with van der Waals surface area (Å²) in [5, 5.41) is 15.1. The Hall–Kier alpha value is -5.06. The molecule has 8 N–H and O–H groups in total. The van der Waals surface area contributed by atoms with Crippen molar-refractivity contribution in [1.29, 1.82) is 0 Å². The van der Waals surface area contributed by atoms with E-state index >= 15 is 0 Å². The number of rotatable bonds is 13. The number of aromatic nitrogens is 6. The molecule has 0 unspecified atom stereocenters. The van der Waals surface area contributed by atoms with E-state index in [0.717, 1.165) is 0 Å². The number of carbonyl (C=O) groups is 5. The molecule has 0 saturated carbocycles. The molecule has 240 valence electrons. The maximum Gasteiger partial charge on any atom is 0.326 e. The quantitative estimate of drug-likeness (QED) is 0.113. The van der Waals surface area contributed by atoms with Gasteiger partial charge in [0.15, 0.2) is 0 Å². The van der Waals surface area contributed by atoms with E-state index in [9.17, 15) is 29.1 Å². The van der Waals surface area contributed by atoms with Gasteiger partial charge in [-0.05, 0) is 25.7 Å². The Morgan fingerprint density at radius 1 is 0.756 bits per heavy atom. The highest BCUT2D eigenvalue weighted by molar-refractivity contribution is 5.96. The summed E-state index contributed by atoms with van der Waals surface area (Å²) in [6.07, 6.45) is 11.1. The fraction of sp³-hybridized carbons (Fsp3) is 0.500. The lowest BCUT2D eigenvalue weighted by Crippen LogP contribution is -2.58. The van der Waals surface area contributed by atoms with E-state index in [1.807, 2.05) is 0 Å². The number of nitrogens with two attached hydrogens (primary N) is 1. The zero-order valence-electron chi connectivity index (χ0n) is 24.5. The second-order valence-corrected chi connectivity index (χ2v) is 11.3. The third kappa shape index (κ3) is 7.54. The largest absolute Gasteiger partial charge is 0.480 e. The number of H-pyrrole nitrogens is 3. The van der Waals surface area contributed by atoms with Gasteiger partial charge in [-0.1, -0.05) is 0 Å². The Labute approximate surface area is 257 Å². The van der Waals surface area contributed by atoms with Gasteiger partial charge in [0.05, 0.1) is 25.0 Å². The molecule has 3 aromatic rings. The highest BCUT2D eigenvalue weighted by Crippen LogP contribution is 2.22. The van der Waals surface area contributed by atoms with Crippen LogP contribution < -0.4 is 16.4 Å². The average Bonchev–Trinajstić information content (AvgIpc) is 3.86. The molecule has 5 rings (SSSR count). The number of hydrogen-bond acceptors (Lipinski definition) is 9. The molecule has 5 heterocycles. The second kappa shape index (κ2) is 14.1. The molecule has 3 aromatic heterocycles. The summed E-state index contributed by atoms with van der Waals surface area (Å²) >= 11 is 0. The fourth-order valence-electron chi connectivity index (χ4n) is 5.91. The lowest BCUT2D eigenvalue weighted by Gasteiger charge is -2.31. The maximum absolute atomic E-state index is 14.0. The predicted octanol–water partition coefficient (Wildman–Crippen LogP) is -1.75. The zero-order valence-corrected chi connectivity index (χ0v) is 24.5. The van der Waals surface area contributed by atoms with Crippen LogP contribution in [0.3, 0.4) is 0 Å². The molecule has 0 aliphatic carbocycles. The van der Waals surface area contributed by atoms with Crippen molar-refractivity contribution in [1.82, 2.24) is 50.3 Å². The van der Waals surface area contributed by atoms with Crippen LogP contribution >= 0.6 is 0 Å². The minimum atomic E-state index is -1.23. The van der Waals surface area contributed by atoms with Crippen LogP contribution in [0.15, 0.2) is 37.6 Å². The SMILES string of the molecule is N[C@@H](Cc1cnc[nH]1)C(=O)N1CCC[C@H]1C(=O)N[C@@H](Cc1cnc[nH]1)C(=O)N1CCC[C@H]1C(=O)N[C@@H](Cc1cnc[nH]1)C(=O)O. The molecule has 0 spiro atoms. The molecule has 0 bridgehead atoms. The highest BCUT2D eigenvalue weighted by atomic mass is 16.4. The number of hydrogen-bond donors (Lipinski definition) is 7. The van der Waals surface area contributed by atoms with Crippen molar-refractivity contribution in [2.45, 2.75) is 75.2 Å². The van der Waals surface area contributed by atoms with Crippen molar-refractivity contribution in [3.63, 3.8) is 0 Å². The van der Waals surface area contributed by atoms with Crippen LogP contribution in [0.5, 0.6) is 0 Å². The van der Waals surface area contributed by atoms with Gasteiger partial charge < -0.3 is 46.2 Å². The Kier molecular flexibility index (Phi) is 9.86. The van der Waals surface area contributed by atoms with E-state index in [1.54, 1.807) is 6.20 Å². The van der Waals surface area contributed by atoms with E-state index in [2.05, 4.69) is 40.5 Å². The summed E-state index contributed by atoms with van der Waals surface area (Å²) in [5.41, 5.74) is 8.00. The van der Waals surface area contributed by atoms with Gasteiger partial charge in [-0.2, -0.15) is 0 Å². The smallest absolute Gasteiger partial charge is 0.326 e. The molecule has 4 amide bonds. The molecular formula is C28H37N11O6. The van der Waals surface area contributed by atoms with Gasteiger partial charge in [0, 0.05) is 68.0 Å². The second-order valence-electron chi connectivity index (χ2n) is 11.3. The molecule has 5 atom stereocenters. The Morgan fingerprint density at radius 3 is 1.67 bits per heavy atom. The molecule has 2 aliphatic rings. The van der Waals surface area contributed by atoms with Gasteiger partial charge in [0.2, 0.25) is 23.6 Å². The number of aromatic amines is 3. The first kappa shape index (κ1) is 31.4. The molecule has 2 fully saturated rings. The molecular weight excluding hydrogens is 586 g/mol. The van der Waals surface area contributed by atoms with Crippen molar-refractivity contribution in [2.75, 3.05) is 13.1 Å². The molecule has 0 aromatic carbocycles. The summed E-state index contributed by atoms with van der Waals surface area (Å²) < 4.78 is 0. The number of carbonyl (C=O) groups excluding carboxylic acids is 4. The number of imidazole rings is 3. The number of carboxylic acids is 1. The van der Waals surface area contributed by atoms with E-state index < -0.39 is 53.9 Å². The molecule has 2 saturated heterocycles. The standard InChI is InChI=1S/C28H37N11O6/c29-19(7-16-10-30-13-33-16)26(42)38-5-1-3-22(38)24(40)36-20(8-17-11-31-14-34-17)27(43)39-6-2-4-23(39)25(41)37-21(28(44)45)9-18-12-32-15-35-18/h10-15,19-23H,1-9,29H2,(H,30,33)(H,31,34)(H,32,35)(H,36,40)(H,37,41)(H,44,45)/t19-,20-,21-,22-,23-/m0/s1. The Morgan fingerprint density at radius 2 is 1.20 bits per heavy atom. The molecule has 17 heteroatoms. The fourth-order valence-corrected chi connectivity index (χ4v) is 5.91. The predicted molar refractivity (Wildman–Crippen MR) is 156 cm³/mol. The molecule has 2 aliphatic heterocycles. The summed E-state index contributed by atoms with van der Waals surface area (Å²) in [4.78, 5) is 89.4. The molecule has 0 radical (unpaired) electrons. The van der Waals surface area contributed by atoms with Crippen LogP contribution in [-0.4, -0.2) is 118 Å². The van der Waals surface area contributed by atoms with E-state index in [-0.39, 0.29) is 31.7 Å². The van der Waals surface area contributed by atoms with Crippen LogP contribution in [-0.2, 0) is 43.2 Å². The molecule has 45 heavy (non-hydrogen) atoms. The first-order chi connectivity index (χ1) is 21.7. The van der Waals surface area contributed by atoms with E-state index in [4.69, 9.17) is 5.73 Å². The highest BCUT2D eigenvalue weighted by Gasteiger charge is 2.41. The number of likely N-dealkylation sites (tertiary alicyclic amines) is 2. The monoisotopic (exact) mass is 623 g/mol. The van der Waals surface area contributed by atoms with Gasteiger partial charge in [0.25, 0.3) is 0 Å². The van der Waals surface area contributed by atoms with Gasteiger partial charge in [-0.3, -0.25) is 19.2 Å². The lowest BCUT2D eigenvalue weighted by atomic mass is 10.1. The maximum atomic E-state index is 14.0. The van der Waals surface area contributed by atoms with Crippen molar-refractivity contribution in [2.24, 2.45) is 5.73 Å². The van der Waals surface area contributed by atoms with Gasteiger partial charge in [-0.15, -0.1) is 0 Å².